The van der Waals surface area contributed by atoms with Gasteiger partial charge in [-0.3, -0.25) is 10.4 Å². The first-order valence-electron chi connectivity index (χ1n) is 5.95. The zero-order chi connectivity index (χ0) is 11.3. The lowest BCUT2D eigenvalue weighted by atomic mass is 10.2. The average Bonchev–Trinajstić information content (AvgIpc) is 2.91. The molecule has 4 heteroatoms. The van der Waals surface area contributed by atoms with Crippen molar-refractivity contribution >= 4 is 5.96 Å². The topological polar surface area (TPSA) is 62.4 Å². The predicted octanol–water partition coefficient (Wildman–Crippen LogP) is 1.24. The van der Waals surface area contributed by atoms with Crippen LogP contribution in [0.5, 0.6) is 0 Å². The lowest BCUT2D eigenvalue weighted by Crippen LogP contribution is -2.43. The Kier molecular flexibility index (Phi) is 4.88. The quantitative estimate of drug-likeness (QED) is 0.278. The number of rotatable bonds is 5. The molecule has 2 atom stereocenters. The van der Waals surface area contributed by atoms with Gasteiger partial charge in [0, 0.05) is 12.6 Å². The summed E-state index contributed by atoms with van der Waals surface area (Å²) in [6.45, 7) is 7.34. The number of hydrogen-bond acceptors (Lipinski definition) is 2. The smallest absolute Gasteiger partial charge is 0.205 e. The highest BCUT2D eigenvalue weighted by atomic mass is 15.3. The van der Waals surface area contributed by atoms with Gasteiger partial charge < -0.3 is 5.32 Å². The third-order valence-corrected chi connectivity index (χ3v) is 2.66. The summed E-state index contributed by atoms with van der Waals surface area (Å²) in [6, 6.07) is 0.590. The van der Waals surface area contributed by atoms with Crippen LogP contribution in [0.1, 0.15) is 40.0 Å². The van der Waals surface area contributed by atoms with Crippen LogP contribution in [0.15, 0.2) is 4.99 Å². The number of nitrogens with two attached hydrogens (primary N) is 1. The molecule has 0 radical (unpaired) electrons. The minimum atomic E-state index is 0.570. The van der Waals surface area contributed by atoms with Gasteiger partial charge in [-0.2, -0.15) is 0 Å². The number of nitrogens with one attached hydrogen (secondary N) is 2. The molecule has 0 aliphatic heterocycles. The van der Waals surface area contributed by atoms with Crippen molar-refractivity contribution in [2.45, 2.75) is 46.1 Å². The number of aliphatic imine (C=N–C) groups is 1. The van der Waals surface area contributed by atoms with E-state index in [4.69, 9.17) is 5.84 Å². The molecule has 0 bridgehead atoms. The van der Waals surface area contributed by atoms with E-state index < -0.39 is 0 Å². The summed E-state index contributed by atoms with van der Waals surface area (Å²) in [7, 11) is 0. The molecule has 4 nitrogen and oxygen atoms in total. The summed E-state index contributed by atoms with van der Waals surface area (Å²) in [5.74, 6) is 7.55. The highest BCUT2D eigenvalue weighted by molar-refractivity contribution is 5.79. The molecule has 88 valence electrons. The average molecular weight is 212 g/mol. The molecule has 4 N–H and O–H groups in total. The van der Waals surface area contributed by atoms with E-state index in [-0.39, 0.29) is 0 Å². The van der Waals surface area contributed by atoms with E-state index in [1.54, 1.807) is 0 Å². The van der Waals surface area contributed by atoms with Crippen LogP contribution >= 0.6 is 0 Å². The summed E-state index contributed by atoms with van der Waals surface area (Å²) >= 11 is 0. The second kappa shape index (κ2) is 5.95. The molecule has 0 aromatic carbocycles. The van der Waals surface area contributed by atoms with Gasteiger partial charge in [0.25, 0.3) is 0 Å². The third-order valence-electron chi connectivity index (χ3n) is 2.66. The van der Waals surface area contributed by atoms with E-state index >= 15 is 0 Å². The first kappa shape index (κ1) is 12.3. The van der Waals surface area contributed by atoms with E-state index in [0.29, 0.717) is 12.0 Å². The minimum absolute atomic E-state index is 0.570. The predicted molar refractivity (Wildman–Crippen MR) is 64.4 cm³/mol. The van der Waals surface area contributed by atoms with Crippen LogP contribution in [-0.2, 0) is 0 Å². The SMILES string of the molecule is CCCC1CC1NC(=NCC(C)C)NN. The van der Waals surface area contributed by atoms with Crippen molar-refractivity contribution in [1.29, 1.82) is 0 Å². The van der Waals surface area contributed by atoms with Gasteiger partial charge in [0.1, 0.15) is 0 Å². The zero-order valence-corrected chi connectivity index (χ0v) is 10.1. The molecule has 1 fully saturated rings. The summed E-state index contributed by atoms with van der Waals surface area (Å²) in [5.41, 5.74) is 2.63. The van der Waals surface area contributed by atoms with Gasteiger partial charge in [0.2, 0.25) is 5.96 Å². The fourth-order valence-electron chi connectivity index (χ4n) is 1.70. The molecule has 0 aromatic heterocycles. The van der Waals surface area contributed by atoms with Crippen molar-refractivity contribution in [1.82, 2.24) is 10.7 Å². The van der Waals surface area contributed by atoms with Crippen molar-refractivity contribution in [3.05, 3.63) is 0 Å². The summed E-state index contributed by atoms with van der Waals surface area (Å²) < 4.78 is 0. The van der Waals surface area contributed by atoms with Gasteiger partial charge in [0.15, 0.2) is 0 Å². The van der Waals surface area contributed by atoms with E-state index in [1.165, 1.54) is 19.3 Å². The molecule has 0 spiro atoms. The molecule has 0 amide bonds. The molecular formula is C11H24N4. The van der Waals surface area contributed by atoms with Crippen LogP contribution < -0.4 is 16.6 Å². The zero-order valence-electron chi connectivity index (χ0n) is 10.1. The number of nitrogens with zero attached hydrogens (tertiary/aromatic N) is 1. The minimum Gasteiger partial charge on any atom is -0.352 e. The Labute approximate surface area is 92.7 Å². The largest absolute Gasteiger partial charge is 0.352 e. The Balaban J connectivity index is 2.26. The van der Waals surface area contributed by atoms with Gasteiger partial charge in [0.05, 0.1) is 0 Å². The number of guanidine groups is 1. The molecule has 1 aliphatic rings. The molecule has 1 aliphatic carbocycles. The molecule has 2 unspecified atom stereocenters. The van der Waals surface area contributed by atoms with Crippen LogP contribution in [0.2, 0.25) is 0 Å². The van der Waals surface area contributed by atoms with Crippen molar-refractivity contribution in [2.24, 2.45) is 22.7 Å². The fourth-order valence-corrected chi connectivity index (χ4v) is 1.70. The Hall–Kier alpha value is -0.770. The monoisotopic (exact) mass is 212 g/mol. The molecule has 1 saturated carbocycles. The maximum Gasteiger partial charge on any atom is 0.205 e. The van der Waals surface area contributed by atoms with Gasteiger partial charge in [-0.15, -0.1) is 0 Å². The second-order valence-corrected chi connectivity index (χ2v) is 4.76. The Morgan fingerprint density at radius 2 is 2.27 bits per heavy atom. The highest BCUT2D eigenvalue weighted by Crippen LogP contribution is 2.34. The Morgan fingerprint density at radius 1 is 1.53 bits per heavy atom. The summed E-state index contributed by atoms with van der Waals surface area (Å²) in [5, 5.41) is 3.34. The van der Waals surface area contributed by atoms with Crippen LogP contribution in [0, 0.1) is 11.8 Å². The lowest BCUT2D eigenvalue weighted by Gasteiger charge is -2.09. The van der Waals surface area contributed by atoms with Crippen molar-refractivity contribution < 1.29 is 0 Å². The second-order valence-electron chi connectivity index (χ2n) is 4.76. The fraction of sp³-hybridized carbons (Fsp3) is 0.909. The van der Waals surface area contributed by atoms with E-state index in [2.05, 4.69) is 36.5 Å². The highest BCUT2D eigenvalue weighted by Gasteiger charge is 2.36. The summed E-state index contributed by atoms with van der Waals surface area (Å²) in [6.07, 6.45) is 3.83. The van der Waals surface area contributed by atoms with Gasteiger partial charge in [-0.25, -0.2) is 5.84 Å². The number of hydrazine groups is 1. The van der Waals surface area contributed by atoms with Crippen LogP contribution in [0.4, 0.5) is 0 Å². The summed E-state index contributed by atoms with van der Waals surface area (Å²) in [4.78, 5) is 4.39. The molecule has 0 aromatic rings. The molecular weight excluding hydrogens is 188 g/mol. The maximum absolute atomic E-state index is 5.41. The molecule has 15 heavy (non-hydrogen) atoms. The van der Waals surface area contributed by atoms with E-state index in [9.17, 15) is 0 Å². The molecule has 0 heterocycles. The van der Waals surface area contributed by atoms with Crippen LogP contribution in [-0.4, -0.2) is 18.5 Å². The maximum atomic E-state index is 5.41. The van der Waals surface area contributed by atoms with Gasteiger partial charge in [-0.1, -0.05) is 27.2 Å². The molecule has 0 saturated heterocycles. The van der Waals surface area contributed by atoms with Crippen LogP contribution in [0.3, 0.4) is 0 Å². The number of hydrogen-bond donors (Lipinski definition) is 3. The van der Waals surface area contributed by atoms with E-state index in [0.717, 1.165) is 18.4 Å². The van der Waals surface area contributed by atoms with Gasteiger partial charge in [-0.05, 0) is 24.7 Å². The van der Waals surface area contributed by atoms with Crippen molar-refractivity contribution in [3.63, 3.8) is 0 Å². The van der Waals surface area contributed by atoms with Crippen molar-refractivity contribution in [2.75, 3.05) is 6.54 Å². The third kappa shape index (κ3) is 4.51. The van der Waals surface area contributed by atoms with Crippen molar-refractivity contribution in [3.8, 4) is 0 Å². The lowest BCUT2D eigenvalue weighted by molar-refractivity contribution is 0.640. The van der Waals surface area contributed by atoms with Crippen LogP contribution in [0.25, 0.3) is 0 Å². The normalized spacial score (nSPS) is 25.5. The first-order chi connectivity index (χ1) is 7.17. The molecule has 1 rings (SSSR count). The van der Waals surface area contributed by atoms with Gasteiger partial charge >= 0.3 is 0 Å². The Morgan fingerprint density at radius 3 is 2.80 bits per heavy atom. The van der Waals surface area contributed by atoms with E-state index in [1.807, 2.05) is 0 Å². The standard InChI is InChI=1S/C11H24N4/c1-4-5-9-6-10(9)14-11(15-12)13-7-8(2)3/h8-10H,4-7,12H2,1-3H3,(H2,13,14,15). The first-order valence-corrected chi connectivity index (χ1v) is 5.95. The Bertz CT molecular complexity index is 213.